The Kier molecular flexibility index (Phi) is 4.16. The van der Waals surface area contributed by atoms with Crippen LogP contribution >= 0.6 is 0 Å². The summed E-state index contributed by atoms with van der Waals surface area (Å²) in [6, 6.07) is 2.42. The van der Waals surface area contributed by atoms with E-state index in [2.05, 4.69) is 20.5 Å². The van der Waals surface area contributed by atoms with Crippen molar-refractivity contribution < 1.29 is 4.79 Å². The van der Waals surface area contributed by atoms with Crippen molar-refractivity contribution in [1.82, 2.24) is 19.4 Å². The zero-order valence-corrected chi connectivity index (χ0v) is 13.2. The molecule has 1 fully saturated rings. The molecule has 22 heavy (non-hydrogen) atoms. The number of amides is 1. The van der Waals surface area contributed by atoms with Gasteiger partial charge >= 0.3 is 0 Å². The molecule has 0 aromatic carbocycles. The summed E-state index contributed by atoms with van der Waals surface area (Å²) >= 11 is 0. The molecule has 6 nitrogen and oxygen atoms in total. The first kappa shape index (κ1) is 15.0. The van der Waals surface area contributed by atoms with Crippen LogP contribution in [0.3, 0.4) is 0 Å². The van der Waals surface area contributed by atoms with E-state index < -0.39 is 5.54 Å². The van der Waals surface area contributed by atoms with Gasteiger partial charge < -0.3 is 9.47 Å². The molecule has 0 N–H and O–H groups in total. The van der Waals surface area contributed by atoms with Crippen molar-refractivity contribution in [1.29, 1.82) is 5.26 Å². The number of nitriles is 1. The van der Waals surface area contributed by atoms with E-state index in [1.165, 1.54) is 6.42 Å². The van der Waals surface area contributed by atoms with Gasteiger partial charge in [0.05, 0.1) is 19.2 Å². The zero-order valence-electron chi connectivity index (χ0n) is 13.2. The second-order valence-corrected chi connectivity index (χ2v) is 6.40. The summed E-state index contributed by atoms with van der Waals surface area (Å²) in [6.45, 7) is 2.79. The lowest BCUT2D eigenvalue weighted by molar-refractivity contribution is -0.136. The molecule has 1 saturated carbocycles. The first-order valence-electron chi connectivity index (χ1n) is 8.05. The Balaban J connectivity index is 1.63. The summed E-state index contributed by atoms with van der Waals surface area (Å²) < 4.78 is 2.13. The summed E-state index contributed by atoms with van der Waals surface area (Å²) in [5.74, 6) is 1.05. The van der Waals surface area contributed by atoms with Crippen LogP contribution in [0.25, 0.3) is 0 Å². The normalized spacial score (nSPS) is 20.9. The fourth-order valence-electron chi connectivity index (χ4n) is 3.55. The van der Waals surface area contributed by atoms with E-state index in [-0.39, 0.29) is 5.91 Å². The quantitative estimate of drug-likeness (QED) is 0.846. The van der Waals surface area contributed by atoms with E-state index >= 15 is 0 Å². The minimum absolute atomic E-state index is 0.0449. The number of imidazole rings is 1. The number of aromatic nitrogens is 2. The molecule has 2 aliphatic rings. The fourth-order valence-corrected chi connectivity index (χ4v) is 3.55. The molecule has 0 unspecified atom stereocenters. The standard InChI is InChI=1S/C16H23N5O/c1-19(16(13-17)5-3-2-4-6-16)15(22)12-20-9-10-21-8-7-18-14(21)11-20/h7-8H,2-6,9-12H2,1H3. The van der Waals surface area contributed by atoms with Crippen molar-refractivity contribution >= 4 is 5.91 Å². The maximum Gasteiger partial charge on any atom is 0.237 e. The van der Waals surface area contributed by atoms with E-state index in [1.54, 1.807) is 18.1 Å². The van der Waals surface area contributed by atoms with Crippen LogP contribution < -0.4 is 0 Å². The number of carbonyl (C=O) groups is 1. The Morgan fingerprint density at radius 2 is 2.18 bits per heavy atom. The lowest BCUT2D eigenvalue weighted by atomic mass is 9.81. The third-order valence-corrected chi connectivity index (χ3v) is 5.09. The molecule has 0 bridgehead atoms. The minimum Gasteiger partial charge on any atom is -0.333 e. The summed E-state index contributed by atoms with van der Waals surface area (Å²) in [6.07, 6.45) is 8.62. The first-order valence-corrected chi connectivity index (χ1v) is 8.05. The molecule has 0 atom stereocenters. The van der Waals surface area contributed by atoms with E-state index in [0.29, 0.717) is 13.1 Å². The van der Waals surface area contributed by atoms with Crippen LogP contribution in [-0.4, -0.2) is 50.9 Å². The van der Waals surface area contributed by atoms with E-state index in [1.807, 2.05) is 6.20 Å². The number of hydrogen-bond donors (Lipinski definition) is 0. The van der Waals surface area contributed by atoms with Gasteiger partial charge in [0, 0.05) is 32.5 Å². The summed E-state index contributed by atoms with van der Waals surface area (Å²) in [7, 11) is 1.79. The van der Waals surface area contributed by atoms with Crippen LogP contribution in [0.15, 0.2) is 12.4 Å². The molecular formula is C16H23N5O. The number of hydrogen-bond acceptors (Lipinski definition) is 4. The molecule has 1 aliphatic heterocycles. The summed E-state index contributed by atoms with van der Waals surface area (Å²) in [5.41, 5.74) is -0.594. The molecule has 3 rings (SSSR count). The predicted octanol–water partition coefficient (Wildman–Crippen LogP) is 1.38. The highest BCUT2D eigenvalue weighted by Gasteiger charge is 2.39. The lowest BCUT2D eigenvalue weighted by Gasteiger charge is -2.40. The van der Waals surface area contributed by atoms with Gasteiger partial charge in [-0.3, -0.25) is 9.69 Å². The maximum atomic E-state index is 12.6. The molecule has 6 heteroatoms. The van der Waals surface area contributed by atoms with Crippen molar-refractivity contribution in [2.75, 3.05) is 20.1 Å². The molecule has 118 valence electrons. The number of nitrogens with zero attached hydrogens (tertiary/aromatic N) is 5. The summed E-state index contributed by atoms with van der Waals surface area (Å²) in [4.78, 5) is 20.8. The van der Waals surface area contributed by atoms with Gasteiger partial charge in [-0.2, -0.15) is 5.26 Å². The highest BCUT2D eigenvalue weighted by atomic mass is 16.2. The molecule has 0 radical (unpaired) electrons. The van der Waals surface area contributed by atoms with Crippen LogP contribution in [0.5, 0.6) is 0 Å². The Hall–Kier alpha value is -1.87. The maximum absolute atomic E-state index is 12.6. The van der Waals surface area contributed by atoms with Crippen LogP contribution in [0.1, 0.15) is 37.9 Å². The number of rotatable bonds is 3. The SMILES string of the molecule is CN(C(=O)CN1CCn2ccnc2C1)C1(C#N)CCCCC1. The van der Waals surface area contributed by atoms with Gasteiger partial charge in [-0.25, -0.2) is 4.98 Å². The highest BCUT2D eigenvalue weighted by molar-refractivity contribution is 5.79. The zero-order chi connectivity index (χ0) is 15.6. The average Bonchev–Trinajstić information content (AvgIpc) is 3.02. The minimum atomic E-state index is -0.594. The van der Waals surface area contributed by atoms with Crippen molar-refractivity contribution in [3.8, 4) is 6.07 Å². The number of fused-ring (bicyclic) bond motifs is 1. The van der Waals surface area contributed by atoms with E-state index in [0.717, 1.165) is 44.6 Å². The van der Waals surface area contributed by atoms with Crippen molar-refractivity contribution in [3.05, 3.63) is 18.2 Å². The van der Waals surface area contributed by atoms with Crippen LogP contribution in [0.2, 0.25) is 0 Å². The van der Waals surface area contributed by atoms with E-state index in [9.17, 15) is 10.1 Å². The molecule has 0 spiro atoms. The van der Waals surface area contributed by atoms with Crippen LogP contribution in [-0.2, 0) is 17.9 Å². The molecular weight excluding hydrogens is 278 g/mol. The summed E-state index contributed by atoms with van der Waals surface area (Å²) in [5, 5.41) is 9.60. The molecule has 1 aromatic rings. The smallest absolute Gasteiger partial charge is 0.237 e. The van der Waals surface area contributed by atoms with Crippen molar-refractivity contribution in [3.63, 3.8) is 0 Å². The van der Waals surface area contributed by atoms with Gasteiger partial charge in [0.1, 0.15) is 11.4 Å². The van der Waals surface area contributed by atoms with Crippen LogP contribution in [0.4, 0.5) is 0 Å². The third kappa shape index (κ3) is 2.73. The Morgan fingerprint density at radius 1 is 1.41 bits per heavy atom. The predicted molar refractivity (Wildman–Crippen MR) is 81.7 cm³/mol. The van der Waals surface area contributed by atoms with Crippen molar-refractivity contribution in [2.45, 2.75) is 50.7 Å². The topological polar surface area (TPSA) is 65.2 Å². The Bertz CT molecular complexity index is 582. The molecule has 2 heterocycles. The Morgan fingerprint density at radius 3 is 2.91 bits per heavy atom. The third-order valence-electron chi connectivity index (χ3n) is 5.09. The first-order chi connectivity index (χ1) is 10.6. The fraction of sp³-hybridized carbons (Fsp3) is 0.688. The molecule has 0 saturated heterocycles. The lowest BCUT2D eigenvalue weighted by Crippen LogP contribution is -2.53. The van der Waals surface area contributed by atoms with Gasteiger partial charge in [0.25, 0.3) is 0 Å². The van der Waals surface area contributed by atoms with E-state index in [4.69, 9.17) is 0 Å². The van der Waals surface area contributed by atoms with Gasteiger partial charge in [0.2, 0.25) is 5.91 Å². The molecule has 1 aliphatic carbocycles. The van der Waals surface area contributed by atoms with Gasteiger partial charge in [0.15, 0.2) is 0 Å². The monoisotopic (exact) mass is 301 g/mol. The average molecular weight is 301 g/mol. The van der Waals surface area contributed by atoms with Gasteiger partial charge in [-0.05, 0) is 12.8 Å². The van der Waals surface area contributed by atoms with Gasteiger partial charge in [-0.1, -0.05) is 19.3 Å². The van der Waals surface area contributed by atoms with Crippen LogP contribution in [0, 0.1) is 11.3 Å². The molecule has 1 aromatic heterocycles. The second kappa shape index (κ2) is 6.09. The number of carbonyl (C=O) groups excluding carboxylic acids is 1. The van der Waals surface area contributed by atoms with Crippen molar-refractivity contribution in [2.24, 2.45) is 0 Å². The van der Waals surface area contributed by atoms with Gasteiger partial charge in [-0.15, -0.1) is 0 Å². The highest BCUT2D eigenvalue weighted by Crippen LogP contribution is 2.32. The molecule has 1 amide bonds. The Labute approximate surface area is 131 Å². The second-order valence-electron chi connectivity index (χ2n) is 6.40. The number of likely N-dealkylation sites (N-methyl/N-ethyl adjacent to an activating group) is 1. The largest absolute Gasteiger partial charge is 0.333 e.